The average molecular weight is 750 g/mol. The van der Waals surface area contributed by atoms with Gasteiger partial charge in [0.05, 0.1) is 20.8 Å². The molecule has 1 atom stereocenters. The first-order chi connectivity index (χ1) is 27.1. The smallest absolute Gasteiger partial charge is 0.333 e. The SMILES string of the molecule is C=C(C)C(=O)OCCNC(=O)N1CCN(c2ccc(C3C=C(c4ccccc4)c4c5c(c6ccc(OC)cc6c4O3)-c3ccc(OC)cc3C5(C)C)cc2)CC1. The third-order valence-electron chi connectivity index (χ3n) is 11.3. The van der Waals surface area contributed by atoms with Gasteiger partial charge in [-0.2, -0.15) is 0 Å². The van der Waals surface area contributed by atoms with E-state index >= 15 is 0 Å². The Balaban J connectivity index is 1.11. The van der Waals surface area contributed by atoms with E-state index in [0.717, 1.165) is 56.0 Å². The second kappa shape index (κ2) is 14.8. The molecule has 0 aromatic heterocycles. The molecule has 5 aromatic rings. The lowest BCUT2D eigenvalue weighted by Gasteiger charge is -2.36. The molecule has 1 unspecified atom stereocenters. The van der Waals surface area contributed by atoms with E-state index < -0.39 is 5.97 Å². The topological polar surface area (TPSA) is 89.6 Å². The summed E-state index contributed by atoms with van der Waals surface area (Å²) in [5.74, 6) is 2.00. The highest BCUT2D eigenvalue weighted by Gasteiger charge is 2.43. The maximum atomic E-state index is 12.8. The molecule has 56 heavy (non-hydrogen) atoms. The highest BCUT2D eigenvalue weighted by Crippen LogP contribution is 2.59. The lowest BCUT2D eigenvalue weighted by Crippen LogP contribution is -2.52. The van der Waals surface area contributed by atoms with E-state index in [9.17, 15) is 9.59 Å². The van der Waals surface area contributed by atoms with Gasteiger partial charge in [0.2, 0.25) is 0 Å². The number of urea groups is 1. The highest BCUT2D eigenvalue weighted by atomic mass is 16.5. The Kier molecular flexibility index (Phi) is 9.70. The number of hydrogen-bond acceptors (Lipinski definition) is 7. The molecule has 2 amide bonds. The maximum Gasteiger partial charge on any atom is 0.333 e. The third kappa shape index (κ3) is 6.51. The maximum absolute atomic E-state index is 12.8. The number of amides is 2. The summed E-state index contributed by atoms with van der Waals surface area (Å²) < 4.78 is 23.8. The molecule has 9 nitrogen and oxygen atoms in total. The number of anilines is 1. The Morgan fingerprint density at radius 3 is 2.25 bits per heavy atom. The third-order valence-corrected chi connectivity index (χ3v) is 11.3. The molecule has 0 bridgehead atoms. The Bertz CT molecular complexity index is 2380. The minimum absolute atomic E-state index is 0.108. The van der Waals surface area contributed by atoms with E-state index in [1.54, 1.807) is 26.0 Å². The van der Waals surface area contributed by atoms with Crippen molar-refractivity contribution in [2.75, 3.05) is 58.5 Å². The molecule has 0 saturated carbocycles. The van der Waals surface area contributed by atoms with Gasteiger partial charge in [0, 0.05) is 53.8 Å². The predicted octanol–water partition coefficient (Wildman–Crippen LogP) is 8.68. The summed E-state index contributed by atoms with van der Waals surface area (Å²) in [5.41, 5.74) is 10.4. The van der Waals surface area contributed by atoms with Crippen LogP contribution in [0.5, 0.6) is 17.2 Å². The number of rotatable bonds is 9. The van der Waals surface area contributed by atoms with E-state index in [2.05, 4.69) is 122 Å². The quantitative estimate of drug-likeness (QED) is 0.0917. The zero-order valence-corrected chi connectivity index (χ0v) is 32.6. The van der Waals surface area contributed by atoms with Crippen LogP contribution in [0.15, 0.2) is 109 Å². The number of hydrogen-bond donors (Lipinski definition) is 1. The molecule has 1 fully saturated rings. The van der Waals surface area contributed by atoms with Crippen LogP contribution in [0.4, 0.5) is 10.5 Å². The van der Waals surface area contributed by atoms with Crippen molar-refractivity contribution in [2.45, 2.75) is 32.3 Å². The fourth-order valence-electron chi connectivity index (χ4n) is 8.37. The van der Waals surface area contributed by atoms with Gasteiger partial charge >= 0.3 is 12.0 Å². The van der Waals surface area contributed by atoms with Gasteiger partial charge in [-0.25, -0.2) is 9.59 Å². The van der Waals surface area contributed by atoms with Gasteiger partial charge in [0.1, 0.15) is 30.0 Å². The van der Waals surface area contributed by atoms with Gasteiger partial charge in [-0.3, -0.25) is 0 Å². The van der Waals surface area contributed by atoms with Crippen LogP contribution in [0.3, 0.4) is 0 Å². The molecule has 1 N–H and O–H groups in total. The highest BCUT2D eigenvalue weighted by molar-refractivity contribution is 6.11. The molecular formula is C47H47N3O6. The number of piperazine rings is 1. The molecule has 1 saturated heterocycles. The second-order valence-electron chi connectivity index (χ2n) is 15.1. The fourth-order valence-corrected chi connectivity index (χ4v) is 8.37. The Hall–Kier alpha value is -6.22. The van der Waals surface area contributed by atoms with Crippen LogP contribution in [0.25, 0.3) is 27.5 Å². The first kappa shape index (κ1) is 36.7. The summed E-state index contributed by atoms with van der Waals surface area (Å²) in [6.07, 6.45) is 1.93. The molecule has 2 heterocycles. The number of fused-ring (bicyclic) bond motifs is 8. The number of esters is 1. The molecule has 0 radical (unpaired) electrons. The lowest BCUT2D eigenvalue weighted by atomic mass is 9.75. The summed E-state index contributed by atoms with van der Waals surface area (Å²) in [6, 6.07) is 31.8. The number of nitrogens with zero attached hydrogens (tertiary/aromatic N) is 2. The van der Waals surface area contributed by atoms with Crippen LogP contribution in [-0.2, 0) is 14.9 Å². The monoisotopic (exact) mass is 749 g/mol. The van der Waals surface area contributed by atoms with Crippen molar-refractivity contribution in [1.29, 1.82) is 0 Å². The zero-order chi connectivity index (χ0) is 39.1. The molecule has 5 aromatic carbocycles. The molecular weight excluding hydrogens is 703 g/mol. The van der Waals surface area contributed by atoms with E-state index in [-0.39, 0.29) is 30.7 Å². The van der Waals surface area contributed by atoms with Crippen LogP contribution < -0.4 is 24.4 Å². The normalized spacial score (nSPS) is 16.5. The fraction of sp³-hybridized carbons (Fsp3) is 0.277. The van der Waals surface area contributed by atoms with E-state index in [0.29, 0.717) is 31.8 Å². The predicted molar refractivity (Wildman–Crippen MR) is 221 cm³/mol. The van der Waals surface area contributed by atoms with Crippen molar-refractivity contribution in [2.24, 2.45) is 0 Å². The molecule has 0 spiro atoms. The lowest BCUT2D eigenvalue weighted by molar-refractivity contribution is -0.138. The van der Waals surface area contributed by atoms with Gasteiger partial charge in [-0.15, -0.1) is 0 Å². The molecule has 3 aliphatic rings. The van der Waals surface area contributed by atoms with Crippen LogP contribution in [-0.4, -0.2) is 70.5 Å². The van der Waals surface area contributed by atoms with E-state index in [1.807, 2.05) is 6.07 Å². The molecule has 9 heteroatoms. The first-order valence-corrected chi connectivity index (χ1v) is 19.1. The standard InChI is InChI=1S/C47H47N3O6/c1-29(2)45(51)55-25-20-48-46(52)50-23-21-49(22-24-50)32-14-12-31(13-15-32)40-28-37(30-10-8-7-9-11-30)42-43-41(35-18-16-33(53-5)26-38(35)44(42)56-40)36-19-17-34(54-6)27-39(36)47(43,3)4/h7-19,26-28,40H,1,20-25H2,2-6H3,(H,48,52). The number of ether oxygens (including phenoxy) is 4. The summed E-state index contributed by atoms with van der Waals surface area (Å²) in [7, 11) is 3.42. The number of carbonyl (C=O) groups excluding carboxylic acids is 2. The van der Waals surface area contributed by atoms with Crippen molar-refractivity contribution < 1.29 is 28.5 Å². The zero-order valence-electron chi connectivity index (χ0n) is 32.6. The first-order valence-electron chi connectivity index (χ1n) is 19.1. The van der Waals surface area contributed by atoms with Gasteiger partial charge in [0.25, 0.3) is 0 Å². The summed E-state index contributed by atoms with van der Waals surface area (Å²) in [5, 5.41) is 4.98. The minimum Gasteiger partial charge on any atom is -0.497 e. The Labute approximate surface area is 328 Å². The van der Waals surface area contributed by atoms with Gasteiger partial charge in [0.15, 0.2) is 0 Å². The minimum atomic E-state index is -0.458. The van der Waals surface area contributed by atoms with Crippen LogP contribution >= 0.6 is 0 Å². The molecule has 1 aliphatic carbocycles. The van der Waals surface area contributed by atoms with E-state index in [1.165, 1.54) is 22.3 Å². The van der Waals surface area contributed by atoms with Crippen LogP contribution in [0.2, 0.25) is 0 Å². The van der Waals surface area contributed by atoms with Crippen molar-refractivity contribution in [3.05, 3.63) is 137 Å². The number of methoxy groups -OCH3 is 2. The van der Waals surface area contributed by atoms with Gasteiger partial charge in [-0.05, 0) is 99.8 Å². The van der Waals surface area contributed by atoms with Crippen LogP contribution in [0, 0.1) is 0 Å². The molecule has 2 aliphatic heterocycles. The van der Waals surface area contributed by atoms with Gasteiger partial charge < -0.3 is 34.1 Å². The number of benzene rings is 5. The second-order valence-corrected chi connectivity index (χ2v) is 15.1. The van der Waals surface area contributed by atoms with Crippen molar-refractivity contribution >= 4 is 34.0 Å². The molecule has 8 rings (SSSR count). The number of nitrogens with one attached hydrogen (secondary N) is 1. The average Bonchev–Trinajstić information content (AvgIpc) is 3.47. The largest absolute Gasteiger partial charge is 0.497 e. The van der Waals surface area contributed by atoms with E-state index in [4.69, 9.17) is 18.9 Å². The van der Waals surface area contributed by atoms with Crippen molar-refractivity contribution in [3.63, 3.8) is 0 Å². The van der Waals surface area contributed by atoms with Crippen LogP contribution in [0.1, 0.15) is 54.7 Å². The Morgan fingerprint density at radius 2 is 1.55 bits per heavy atom. The Morgan fingerprint density at radius 1 is 0.857 bits per heavy atom. The van der Waals surface area contributed by atoms with Crippen molar-refractivity contribution in [3.8, 4) is 28.4 Å². The summed E-state index contributed by atoms with van der Waals surface area (Å²) in [4.78, 5) is 28.5. The number of carbonyl (C=O) groups is 2. The summed E-state index contributed by atoms with van der Waals surface area (Å²) >= 11 is 0. The van der Waals surface area contributed by atoms with Crippen molar-refractivity contribution in [1.82, 2.24) is 10.2 Å². The molecule has 286 valence electrons. The van der Waals surface area contributed by atoms with Gasteiger partial charge in [-0.1, -0.05) is 69.0 Å². The summed E-state index contributed by atoms with van der Waals surface area (Å²) in [6.45, 7) is 12.7.